The Kier molecular flexibility index (Phi) is 9.04. The zero-order valence-corrected chi connectivity index (χ0v) is 17.4. The molecule has 2 rings (SSSR count). The third-order valence-corrected chi connectivity index (χ3v) is 6.25. The van der Waals surface area contributed by atoms with Gasteiger partial charge in [-0.05, 0) is 50.4 Å². The Balaban J connectivity index is 1.76. The maximum atomic E-state index is 11.6. The monoisotopic (exact) mass is 377 g/mol. The van der Waals surface area contributed by atoms with Crippen molar-refractivity contribution in [3.8, 4) is 0 Å². The number of fused-ring (bicyclic) bond motifs is 1. The molecule has 1 fully saturated rings. The molecule has 0 radical (unpaired) electrons. The maximum Gasteiger partial charge on any atom is 0.222 e. The average Bonchev–Trinajstić information content (AvgIpc) is 3.13. The highest BCUT2D eigenvalue weighted by molar-refractivity contribution is 5.75. The summed E-state index contributed by atoms with van der Waals surface area (Å²) in [6.45, 7) is 2.17. The molecule has 0 unspecified atom stereocenters. The Morgan fingerprint density at radius 3 is 2.78 bits per heavy atom. The fourth-order valence-electron chi connectivity index (χ4n) is 4.60. The molecule has 2 aliphatic carbocycles. The van der Waals surface area contributed by atoms with Crippen molar-refractivity contribution >= 4 is 5.91 Å². The highest BCUT2D eigenvalue weighted by atomic mass is 16.3. The fourth-order valence-corrected chi connectivity index (χ4v) is 4.60. The van der Waals surface area contributed by atoms with E-state index >= 15 is 0 Å². The molecule has 2 aliphatic rings. The Labute approximate surface area is 165 Å². The van der Waals surface area contributed by atoms with E-state index in [-0.39, 0.29) is 24.0 Å². The number of hydrogen-bond donors (Lipinski definition) is 2. The standard InChI is InChI=1S/C23H39NO3/c1-4-5-6-10-19(25)12-13-20-21-15-17(14-18(21)16-22(20)26)9-7-8-11-23(27)24(2)3/h12-14,18-22,25-26H,4-11,15-16H2,1-3H3/t18-,19-,20+,21-,22-/m0/s1. The first kappa shape index (κ1) is 22.2. The maximum absolute atomic E-state index is 11.6. The summed E-state index contributed by atoms with van der Waals surface area (Å²) in [5.41, 5.74) is 1.50. The summed E-state index contributed by atoms with van der Waals surface area (Å²) in [5, 5.41) is 20.6. The third kappa shape index (κ3) is 6.76. The van der Waals surface area contributed by atoms with Gasteiger partial charge in [0.25, 0.3) is 0 Å². The van der Waals surface area contributed by atoms with Crippen LogP contribution in [0.5, 0.6) is 0 Å². The number of carbonyl (C=O) groups is 1. The number of hydrogen-bond acceptors (Lipinski definition) is 3. The van der Waals surface area contributed by atoms with E-state index in [4.69, 9.17) is 0 Å². The van der Waals surface area contributed by atoms with E-state index in [1.54, 1.807) is 4.90 Å². The van der Waals surface area contributed by atoms with Crippen LogP contribution < -0.4 is 0 Å². The van der Waals surface area contributed by atoms with Crippen LogP contribution in [0.15, 0.2) is 23.8 Å². The van der Waals surface area contributed by atoms with Gasteiger partial charge in [-0.25, -0.2) is 0 Å². The lowest BCUT2D eigenvalue weighted by Gasteiger charge is -2.19. The van der Waals surface area contributed by atoms with Gasteiger partial charge >= 0.3 is 0 Å². The van der Waals surface area contributed by atoms with Gasteiger partial charge in [-0.15, -0.1) is 0 Å². The molecule has 1 amide bonds. The van der Waals surface area contributed by atoms with Crippen LogP contribution in [0.3, 0.4) is 0 Å². The number of amides is 1. The van der Waals surface area contributed by atoms with Crippen LogP contribution in [0.25, 0.3) is 0 Å². The lowest BCUT2D eigenvalue weighted by atomic mass is 9.88. The van der Waals surface area contributed by atoms with Crippen molar-refractivity contribution in [2.75, 3.05) is 14.1 Å². The molecule has 154 valence electrons. The number of allylic oxidation sites excluding steroid dienone is 2. The topological polar surface area (TPSA) is 60.8 Å². The summed E-state index contributed by atoms with van der Waals surface area (Å²) in [7, 11) is 3.62. The first-order valence-corrected chi connectivity index (χ1v) is 10.9. The summed E-state index contributed by atoms with van der Waals surface area (Å²) < 4.78 is 0. The second kappa shape index (κ2) is 11.0. The fraction of sp³-hybridized carbons (Fsp3) is 0.783. The van der Waals surface area contributed by atoms with E-state index in [0.717, 1.165) is 51.4 Å². The second-order valence-electron chi connectivity index (χ2n) is 8.68. The number of nitrogens with zero attached hydrogens (tertiary/aromatic N) is 1. The number of carbonyl (C=O) groups excluding carboxylic acids is 1. The number of aliphatic hydroxyl groups is 2. The number of unbranched alkanes of at least 4 members (excludes halogenated alkanes) is 3. The Morgan fingerprint density at radius 2 is 2.07 bits per heavy atom. The van der Waals surface area contributed by atoms with E-state index in [1.807, 2.05) is 20.2 Å². The van der Waals surface area contributed by atoms with Crippen molar-refractivity contribution in [1.29, 1.82) is 0 Å². The Hall–Kier alpha value is -1.13. The van der Waals surface area contributed by atoms with Gasteiger partial charge in [0, 0.05) is 26.4 Å². The zero-order chi connectivity index (χ0) is 19.8. The molecule has 27 heavy (non-hydrogen) atoms. The summed E-state index contributed by atoms with van der Waals surface area (Å²) >= 11 is 0. The van der Waals surface area contributed by atoms with E-state index < -0.39 is 0 Å². The van der Waals surface area contributed by atoms with Crippen LogP contribution >= 0.6 is 0 Å². The normalized spacial score (nSPS) is 28.4. The van der Waals surface area contributed by atoms with Crippen LogP contribution in [0, 0.1) is 17.8 Å². The molecular formula is C23H39NO3. The van der Waals surface area contributed by atoms with Crippen molar-refractivity contribution in [2.24, 2.45) is 17.8 Å². The summed E-state index contributed by atoms with van der Waals surface area (Å²) in [6, 6.07) is 0. The summed E-state index contributed by atoms with van der Waals surface area (Å²) in [6.07, 6.45) is 15.5. The molecule has 0 spiro atoms. The van der Waals surface area contributed by atoms with Crippen LogP contribution in [0.4, 0.5) is 0 Å². The molecule has 4 heteroatoms. The molecular weight excluding hydrogens is 338 g/mol. The molecule has 0 aromatic carbocycles. The van der Waals surface area contributed by atoms with Gasteiger partial charge in [-0.1, -0.05) is 50.0 Å². The smallest absolute Gasteiger partial charge is 0.222 e. The average molecular weight is 378 g/mol. The van der Waals surface area contributed by atoms with Gasteiger partial charge in [-0.3, -0.25) is 4.79 Å². The van der Waals surface area contributed by atoms with Crippen molar-refractivity contribution in [2.45, 2.75) is 83.3 Å². The molecule has 0 aromatic rings. The zero-order valence-electron chi connectivity index (χ0n) is 17.4. The van der Waals surface area contributed by atoms with Gasteiger partial charge < -0.3 is 15.1 Å². The minimum atomic E-state index is -0.383. The van der Waals surface area contributed by atoms with Gasteiger partial charge in [0.05, 0.1) is 12.2 Å². The quantitative estimate of drug-likeness (QED) is 0.421. The van der Waals surface area contributed by atoms with Gasteiger partial charge in [0.1, 0.15) is 0 Å². The van der Waals surface area contributed by atoms with Crippen LogP contribution in [-0.2, 0) is 4.79 Å². The van der Waals surface area contributed by atoms with Crippen molar-refractivity contribution in [1.82, 2.24) is 4.90 Å². The molecule has 1 saturated carbocycles. The summed E-state index contributed by atoms with van der Waals surface area (Å²) in [4.78, 5) is 13.3. The van der Waals surface area contributed by atoms with Crippen LogP contribution in [0.1, 0.15) is 71.1 Å². The highest BCUT2D eigenvalue weighted by Gasteiger charge is 2.43. The summed E-state index contributed by atoms with van der Waals surface area (Å²) in [5.74, 6) is 1.33. The van der Waals surface area contributed by atoms with Crippen molar-refractivity contribution in [3.63, 3.8) is 0 Å². The number of aliphatic hydroxyl groups excluding tert-OH is 2. The van der Waals surface area contributed by atoms with Crippen LogP contribution in [0.2, 0.25) is 0 Å². The molecule has 0 bridgehead atoms. The Bertz CT molecular complexity index is 526. The van der Waals surface area contributed by atoms with E-state index in [9.17, 15) is 15.0 Å². The second-order valence-corrected chi connectivity index (χ2v) is 8.68. The predicted molar refractivity (Wildman–Crippen MR) is 110 cm³/mol. The van der Waals surface area contributed by atoms with E-state index in [1.165, 1.54) is 12.0 Å². The van der Waals surface area contributed by atoms with Crippen LogP contribution in [-0.4, -0.2) is 47.3 Å². The SMILES string of the molecule is CCCCC[C@H](O)C=C[C@@H]1[C@H]2CC(CCCCC(=O)N(C)C)=C[C@H]2C[C@@H]1O. The molecule has 0 aromatic heterocycles. The van der Waals surface area contributed by atoms with E-state index in [0.29, 0.717) is 18.3 Å². The molecule has 4 nitrogen and oxygen atoms in total. The van der Waals surface area contributed by atoms with Crippen molar-refractivity contribution in [3.05, 3.63) is 23.8 Å². The number of rotatable bonds is 11. The molecule has 5 atom stereocenters. The molecule has 0 aliphatic heterocycles. The Morgan fingerprint density at radius 1 is 1.30 bits per heavy atom. The van der Waals surface area contributed by atoms with E-state index in [2.05, 4.69) is 19.1 Å². The van der Waals surface area contributed by atoms with Crippen molar-refractivity contribution < 1.29 is 15.0 Å². The lowest BCUT2D eigenvalue weighted by Crippen LogP contribution is -2.21. The minimum Gasteiger partial charge on any atom is -0.392 e. The molecule has 2 N–H and O–H groups in total. The van der Waals surface area contributed by atoms with Gasteiger partial charge in [-0.2, -0.15) is 0 Å². The molecule has 0 heterocycles. The molecule has 0 saturated heterocycles. The van der Waals surface area contributed by atoms with Gasteiger partial charge in [0.2, 0.25) is 5.91 Å². The third-order valence-electron chi connectivity index (χ3n) is 6.25. The first-order valence-electron chi connectivity index (χ1n) is 10.9. The van der Waals surface area contributed by atoms with Gasteiger partial charge in [0.15, 0.2) is 0 Å². The first-order chi connectivity index (χ1) is 12.9. The highest BCUT2D eigenvalue weighted by Crippen LogP contribution is 2.48. The lowest BCUT2D eigenvalue weighted by molar-refractivity contribution is -0.128. The predicted octanol–water partition coefficient (Wildman–Crippen LogP) is 4.08. The largest absolute Gasteiger partial charge is 0.392 e. The minimum absolute atomic E-state index is 0.167.